The Kier molecular flexibility index (Phi) is 7.70. The first kappa shape index (κ1) is 22.4. The number of benzene rings is 2. The van der Waals surface area contributed by atoms with Gasteiger partial charge in [0.2, 0.25) is 5.91 Å². The normalized spacial score (nSPS) is 10.9. The molecule has 0 spiro atoms. The second kappa shape index (κ2) is 10.7. The molecule has 0 saturated carbocycles. The van der Waals surface area contributed by atoms with E-state index in [2.05, 4.69) is 10.5 Å². The summed E-state index contributed by atoms with van der Waals surface area (Å²) in [7, 11) is 0. The van der Waals surface area contributed by atoms with Gasteiger partial charge in [0.25, 0.3) is 0 Å². The molecule has 0 aliphatic carbocycles. The number of carbonyl (C=O) groups excluding carboxylic acids is 1. The zero-order chi connectivity index (χ0) is 22.2. The van der Waals surface area contributed by atoms with Gasteiger partial charge in [0.05, 0.1) is 23.8 Å². The molecule has 1 aromatic heterocycles. The minimum atomic E-state index is 0.00384. The van der Waals surface area contributed by atoms with Crippen molar-refractivity contribution >= 4 is 5.91 Å². The molecule has 0 atom stereocenters. The molecule has 0 radical (unpaired) electrons. The Bertz CT molecular complexity index is 956. The highest BCUT2D eigenvalue weighted by Gasteiger charge is 2.10. The van der Waals surface area contributed by atoms with Crippen LogP contribution in [-0.4, -0.2) is 23.7 Å². The molecule has 3 aromatic rings. The second-order valence-electron chi connectivity index (χ2n) is 7.82. The minimum absolute atomic E-state index is 0.00384. The van der Waals surface area contributed by atoms with Gasteiger partial charge < -0.3 is 19.3 Å². The zero-order valence-electron chi connectivity index (χ0n) is 18.6. The third-order valence-corrected chi connectivity index (χ3v) is 4.88. The molecular weight excluding hydrogens is 392 g/mol. The first-order chi connectivity index (χ1) is 14.9. The summed E-state index contributed by atoms with van der Waals surface area (Å²) in [5.74, 6) is 2.38. The molecule has 0 fully saturated rings. The number of ether oxygens (including phenoxy) is 2. The summed E-state index contributed by atoms with van der Waals surface area (Å²) in [6.07, 6.45) is 1.28. The summed E-state index contributed by atoms with van der Waals surface area (Å²) in [6, 6.07) is 15.6. The SMILES string of the molecule is Cc1noc(C)c1COc1ccc(CC(=O)NCCc2ccc(OC(C)C)cc2)cc1. The van der Waals surface area contributed by atoms with E-state index in [4.69, 9.17) is 14.0 Å². The van der Waals surface area contributed by atoms with Crippen LogP contribution in [0.15, 0.2) is 53.1 Å². The van der Waals surface area contributed by atoms with Crippen LogP contribution in [0.2, 0.25) is 0 Å². The molecule has 31 heavy (non-hydrogen) atoms. The Morgan fingerprint density at radius 3 is 2.26 bits per heavy atom. The first-order valence-electron chi connectivity index (χ1n) is 10.6. The zero-order valence-corrected chi connectivity index (χ0v) is 18.6. The Morgan fingerprint density at radius 2 is 1.65 bits per heavy atom. The van der Waals surface area contributed by atoms with Gasteiger partial charge in [-0.1, -0.05) is 29.4 Å². The van der Waals surface area contributed by atoms with Gasteiger partial charge in [0.15, 0.2) is 0 Å². The molecule has 0 aliphatic heterocycles. The van der Waals surface area contributed by atoms with Crippen molar-refractivity contribution in [2.24, 2.45) is 0 Å². The van der Waals surface area contributed by atoms with Crippen molar-refractivity contribution in [2.45, 2.75) is 53.2 Å². The van der Waals surface area contributed by atoms with E-state index < -0.39 is 0 Å². The van der Waals surface area contributed by atoms with Crippen LogP contribution < -0.4 is 14.8 Å². The summed E-state index contributed by atoms with van der Waals surface area (Å²) in [4.78, 5) is 12.2. The third kappa shape index (κ3) is 6.88. The van der Waals surface area contributed by atoms with Crippen molar-refractivity contribution in [3.05, 3.63) is 76.7 Å². The fourth-order valence-electron chi connectivity index (χ4n) is 3.17. The molecule has 1 amide bonds. The summed E-state index contributed by atoms with van der Waals surface area (Å²) in [5, 5.41) is 6.91. The summed E-state index contributed by atoms with van der Waals surface area (Å²) >= 11 is 0. The number of hydrogen-bond acceptors (Lipinski definition) is 5. The first-order valence-corrected chi connectivity index (χ1v) is 10.6. The lowest BCUT2D eigenvalue weighted by Gasteiger charge is -2.10. The van der Waals surface area contributed by atoms with Gasteiger partial charge in [-0.3, -0.25) is 4.79 Å². The van der Waals surface area contributed by atoms with Gasteiger partial charge in [-0.05, 0) is 69.5 Å². The molecule has 1 N–H and O–H groups in total. The van der Waals surface area contributed by atoms with Crippen molar-refractivity contribution in [1.29, 1.82) is 0 Å². The summed E-state index contributed by atoms with van der Waals surface area (Å²) in [6.45, 7) is 8.78. The molecule has 2 aromatic carbocycles. The van der Waals surface area contributed by atoms with Crippen molar-refractivity contribution in [3.8, 4) is 11.5 Å². The van der Waals surface area contributed by atoms with Gasteiger partial charge >= 0.3 is 0 Å². The largest absolute Gasteiger partial charge is 0.491 e. The second-order valence-corrected chi connectivity index (χ2v) is 7.82. The van der Waals surface area contributed by atoms with Gasteiger partial charge in [0.1, 0.15) is 23.9 Å². The Morgan fingerprint density at radius 1 is 1.00 bits per heavy atom. The third-order valence-electron chi connectivity index (χ3n) is 4.88. The van der Waals surface area contributed by atoms with E-state index >= 15 is 0 Å². The highest BCUT2D eigenvalue weighted by molar-refractivity contribution is 5.78. The van der Waals surface area contributed by atoms with Crippen LogP contribution >= 0.6 is 0 Å². The lowest BCUT2D eigenvalue weighted by Crippen LogP contribution is -2.27. The quantitative estimate of drug-likeness (QED) is 0.519. The number of aryl methyl sites for hydroxylation is 2. The van der Waals surface area contributed by atoms with Gasteiger partial charge in [-0.25, -0.2) is 0 Å². The van der Waals surface area contributed by atoms with E-state index in [9.17, 15) is 4.79 Å². The van der Waals surface area contributed by atoms with E-state index in [1.165, 1.54) is 0 Å². The fourth-order valence-corrected chi connectivity index (χ4v) is 3.17. The maximum atomic E-state index is 12.2. The number of carbonyl (C=O) groups is 1. The average Bonchev–Trinajstić information content (AvgIpc) is 3.06. The standard InChI is InChI=1S/C25H30N2O4/c1-17(2)30-23-11-5-20(6-12-23)13-14-26-25(28)15-21-7-9-22(10-8-21)29-16-24-18(3)27-31-19(24)4/h5-12,17H,13-16H2,1-4H3,(H,26,28). The van der Waals surface area contributed by atoms with E-state index in [1.54, 1.807) is 0 Å². The summed E-state index contributed by atoms with van der Waals surface area (Å²) < 4.78 is 16.6. The van der Waals surface area contributed by atoms with Crippen LogP contribution in [0, 0.1) is 13.8 Å². The van der Waals surface area contributed by atoms with Gasteiger partial charge in [-0.15, -0.1) is 0 Å². The lowest BCUT2D eigenvalue weighted by atomic mass is 10.1. The topological polar surface area (TPSA) is 73.6 Å². The molecule has 3 rings (SSSR count). The molecule has 6 nitrogen and oxygen atoms in total. The number of nitrogens with one attached hydrogen (secondary N) is 1. The molecule has 0 saturated heterocycles. The lowest BCUT2D eigenvalue weighted by molar-refractivity contribution is -0.120. The van der Waals surface area contributed by atoms with Crippen molar-refractivity contribution in [3.63, 3.8) is 0 Å². The molecule has 1 heterocycles. The maximum Gasteiger partial charge on any atom is 0.224 e. The molecular formula is C25H30N2O4. The number of rotatable bonds is 10. The van der Waals surface area contributed by atoms with Crippen molar-refractivity contribution < 1.29 is 18.8 Å². The van der Waals surface area contributed by atoms with E-state index in [0.717, 1.165) is 46.1 Å². The van der Waals surface area contributed by atoms with Crippen LogP contribution in [0.3, 0.4) is 0 Å². The van der Waals surface area contributed by atoms with Crippen LogP contribution in [0.5, 0.6) is 11.5 Å². The molecule has 0 bridgehead atoms. The maximum absolute atomic E-state index is 12.2. The highest BCUT2D eigenvalue weighted by atomic mass is 16.5. The monoisotopic (exact) mass is 422 g/mol. The van der Waals surface area contributed by atoms with E-state index in [1.807, 2.05) is 76.2 Å². The Labute approximate surface area is 183 Å². The average molecular weight is 423 g/mol. The molecule has 0 aliphatic rings. The van der Waals surface area contributed by atoms with Crippen molar-refractivity contribution in [1.82, 2.24) is 10.5 Å². The van der Waals surface area contributed by atoms with Crippen LogP contribution in [0.1, 0.15) is 42.0 Å². The highest BCUT2D eigenvalue weighted by Crippen LogP contribution is 2.18. The number of nitrogens with zero attached hydrogens (tertiary/aromatic N) is 1. The van der Waals surface area contributed by atoms with Crippen LogP contribution in [0.25, 0.3) is 0 Å². The van der Waals surface area contributed by atoms with Crippen LogP contribution in [0.4, 0.5) is 0 Å². The van der Waals surface area contributed by atoms with Gasteiger partial charge in [0, 0.05) is 6.54 Å². The van der Waals surface area contributed by atoms with Crippen LogP contribution in [-0.2, 0) is 24.2 Å². The number of hydrogen-bond donors (Lipinski definition) is 1. The molecule has 0 unspecified atom stereocenters. The van der Waals surface area contributed by atoms with Crippen molar-refractivity contribution in [2.75, 3.05) is 6.54 Å². The van der Waals surface area contributed by atoms with E-state index in [-0.39, 0.29) is 12.0 Å². The predicted octanol–water partition coefficient (Wildman–Crippen LogP) is 4.56. The van der Waals surface area contributed by atoms with Gasteiger partial charge in [-0.2, -0.15) is 0 Å². The molecule has 6 heteroatoms. The number of amides is 1. The summed E-state index contributed by atoms with van der Waals surface area (Å²) in [5.41, 5.74) is 3.91. The predicted molar refractivity (Wildman–Crippen MR) is 119 cm³/mol. The minimum Gasteiger partial charge on any atom is -0.491 e. The Balaban J connectivity index is 1.40. The number of aromatic nitrogens is 1. The Hall–Kier alpha value is -3.28. The molecule has 164 valence electrons. The smallest absolute Gasteiger partial charge is 0.224 e. The van der Waals surface area contributed by atoms with E-state index in [0.29, 0.717) is 19.6 Å². The fraction of sp³-hybridized carbons (Fsp3) is 0.360.